The summed E-state index contributed by atoms with van der Waals surface area (Å²) in [6.07, 6.45) is 2.44. The van der Waals surface area contributed by atoms with E-state index in [1.165, 1.54) is 36.7 Å². The number of hydrogen-bond acceptors (Lipinski definition) is 8. The van der Waals surface area contributed by atoms with Crippen LogP contribution in [-0.2, 0) is 9.59 Å². The minimum absolute atomic E-state index is 0.0395. The van der Waals surface area contributed by atoms with E-state index in [1.807, 2.05) is 10.9 Å². The van der Waals surface area contributed by atoms with E-state index in [1.54, 1.807) is 13.8 Å². The van der Waals surface area contributed by atoms with Gasteiger partial charge in [0, 0.05) is 0 Å². The van der Waals surface area contributed by atoms with Gasteiger partial charge in [0.1, 0.15) is 0 Å². The van der Waals surface area contributed by atoms with Gasteiger partial charge in [-0.05, 0) is 49.2 Å². The van der Waals surface area contributed by atoms with Crippen LogP contribution in [0.25, 0.3) is 0 Å². The van der Waals surface area contributed by atoms with Gasteiger partial charge in [0.15, 0.2) is 23.0 Å². The summed E-state index contributed by atoms with van der Waals surface area (Å²) in [7, 11) is 0. The van der Waals surface area contributed by atoms with Crippen LogP contribution in [0, 0.1) is 0 Å². The maximum atomic E-state index is 11.8. The lowest BCUT2D eigenvalue weighted by atomic mass is 10.2. The van der Waals surface area contributed by atoms with E-state index in [0.717, 1.165) is 0 Å². The quantitative estimate of drug-likeness (QED) is 0.259. The minimum atomic E-state index is -1.08. The number of phenols is 2. The molecule has 2 aromatic rings. The van der Waals surface area contributed by atoms with E-state index in [4.69, 9.17) is 32.7 Å². The fraction of sp³-hybridized carbons (Fsp3) is 0.200. The maximum Gasteiger partial charge on any atom is 0.331 e. The number of nitrogens with zero attached hydrogens (tertiary/aromatic N) is 2. The first-order valence-corrected chi connectivity index (χ1v) is 9.99. The number of hydrazone groups is 2. The summed E-state index contributed by atoms with van der Waals surface area (Å²) in [6.45, 7) is 4.10. The first-order chi connectivity index (χ1) is 15.3. The number of aromatic hydroxyl groups is 2. The molecule has 0 spiro atoms. The average Bonchev–Trinajstić information content (AvgIpc) is 2.75. The van der Waals surface area contributed by atoms with Crippen molar-refractivity contribution >= 4 is 47.4 Å². The molecule has 0 aromatic heterocycles. The Morgan fingerprint density at radius 1 is 0.844 bits per heavy atom. The lowest BCUT2D eigenvalue weighted by Crippen LogP contribution is -2.35. The van der Waals surface area contributed by atoms with Gasteiger partial charge in [0.25, 0.3) is 0 Å². The van der Waals surface area contributed by atoms with Gasteiger partial charge in [-0.15, -0.1) is 0 Å². The lowest BCUT2D eigenvalue weighted by molar-refractivity contribution is -0.139. The number of ether oxygens (including phenoxy) is 2. The highest BCUT2D eigenvalue weighted by Crippen LogP contribution is 2.35. The number of phenolic OH excluding ortho intramolecular Hbond substituents is 2. The van der Waals surface area contributed by atoms with Crippen molar-refractivity contribution in [3.05, 3.63) is 45.4 Å². The SMILES string of the molecule is CCOc1cc(/C=N\NC(=O)C(=O)N/N=C/c2cc(Cl)c(O)c(OCC)c2)cc(Cl)c1O. The van der Waals surface area contributed by atoms with Crippen molar-refractivity contribution in [1.82, 2.24) is 10.9 Å². The summed E-state index contributed by atoms with van der Waals surface area (Å²) in [4.78, 5) is 23.7. The second-order valence-electron chi connectivity index (χ2n) is 5.96. The van der Waals surface area contributed by atoms with Crippen LogP contribution >= 0.6 is 23.2 Å². The van der Waals surface area contributed by atoms with E-state index in [-0.39, 0.29) is 33.0 Å². The third kappa shape index (κ3) is 6.76. The third-order valence-electron chi connectivity index (χ3n) is 3.67. The number of halogens is 2. The van der Waals surface area contributed by atoms with Gasteiger partial charge in [-0.3, -0.25) is 9.59 Å². The van der Waals surface area contributed by atoms with E-state index >= 15 is 0 Å². The second kappa shape index (κ2) is 11.8. The molecular weight excluding hydrogens is 463 g/mol. The smallest absolute Gasteiger partial charge is 0.331 e. The standard InChI is InChI=1S/C20H20Cl2N4O6/c1-3-31-15-7-11(5-13(21)17(15)27)9-23-25-19(29)20(30)26-24-10-12-6-14(22)18(28)16(8-12)32-4-2/h5-10,27-28H,3-4H2,1-2H3,(H,25,29)(H,26,30)/b23-9-,24-10+. The van der Waals surface area contributed by atoms with Gasteiger partial charge in [-0.2, -0.15) is 10.2 Å². The summed E-state index contributed by atoms with van der Waals surface area (Å²) in [6, 6.07) is 5.73. The molecule has 0 unspecified atom stereocenters. The highest BCUT2D eigenvalue weighted by molar-refractivity contribution is 6.35. The van der Waals surface area contributed by atoms with Gasteiger partial charge in [-0.1, -0.05) is 23.2 Å². The molecule has 2 rings (SSSR count). The number of carbonyl (C=O) groups is 2. The average molecular weight is 483 g/mol. The van der Waals surface area contributed by atoms with E-state index in [0.29, 0.717) is 24.3 Å². The zero-order valence-corrected chi connectivity index (χ0v) is 18.6. The molecule has 0 saturated heterocycles. The van der Waals surface area contributed by atoms with E-state index in [2.05, 4.69) is 10.2 Å². The summed E-state index contributed by atoms with van der Waals surface area (Å²) in [5, 5.41) is 27.0. The first kappa shape index (κ1) is 24.8. The van der Waals surface area contributed by atoms with Crippen molar-refractivity contribution in [3.8, 4) is 23.0 Å². The summed E-state index contributed by atoms with van der Waals surface area (Å²) in [5.74, 6) is -2.27. The van der Waals surface area contributed by atoms with E-state index < -0.39 is 11.8 Å². The molecule has 0 radical (unpaired) electrons. The van der Waals surface area contributed by atoms with Crippen LogP contribution in [0.5, 0.6) is 23.0 Å². The predicted molar refractivity (Wildman–Crippen MR) is 120 cm³/mol. The second-order valence-corrected chi connectivity index (χ2v) is 6.78. The van der Waals surface area contributed by atoms with Crippen molar-refractivity contribution in [2.24, 2.45) is 10.2 Å². The van der Waals surface area contributed by atoms with Gasteiger partial charge < -0.3 is 19.7 Å². The molecule has 170 valence electrons. The highest BCUT2D eigenvalue weighted by atomic mass is 35.5. The Labute approximate surface area is 193 Å². The first-order valence-electron chi connectivity index (χ1n) is 9.23. The van der Waals surface area contributed by atoms with E-state index in [9.17, 15) is 19.8 Å². The number of rotatable bonds is 8. The van der Waals surface area contributed by atoms with Crippen molar-refractivity contribution in [2.45, 2.75) is 13.8 Å². The van der Waals surface area contributed by atoms with Crippen molar-refractivity contribution in [1.29, 1.82) is 0 Å². The van der Waals surface area contributed by atoms with Crippen molar-refractivity contribution in [2.75, 3.05) is 13.2 Å². The van der Waals surface area contributed by atoms with Crippen molar-refractivity contribution < 1.29 is 29.3 Å². The number of amides is 2. The van der Waals surface area contributed by atoms with Gasteiger partial charge in [-0.25, -0.2) is 10.9 Å². The Kier molecular flexibility index (Phi) is 9.11. The molecule has 4 N–H and O–H groups in total. The molecule has 0 atom stereocenters. The Balaban J connectivity index is 1.96. The number of carbonyl (C=O) groups excluding carboxylic acids is 2. The number of benzene rings is 2. The Morgan fingerprint density at radius 2 is 1.22 bits per heavy atom. The number of hydrogen-bond donors (Lipinski definition) is 4. The van der Waals surface area contributed by atoms with Crippen LogP contribution in [0.1, 0.15) is 25.0 Å². The predicted octanol–water partition coefficient (Wildman–Crippen LogP) is 2.80. The summed E-state index contributed by atoms with van der Waals surface area (Å²) in [5.41, 5.74) is 4.90. The molecule has 0 aliphatic heterocycles. The molecule has 2 amide bonds. The van der Waals surface area contributed by atoms with Crippen LogP contribution in [0.3, 0.4) is 0 Å². The van der Waals surface area contributed by atoms with Crippen LogP contribution in [0.15, 0.2) is 34.5 Å². The van der Waals surface area contributed by atoms with Crippen LogP contribution in [0.2, 0.25) is 10.0 Å². The molecule has 0 aliphatic carbocycles. The normalized spacial score (nSPS) is 11.0. The largest absolute Gasteiger partial charge is 0.503 e. The highest BCUT2D eigenvalue weighted by Gasteiger charge is 2.13. The van der Waals surface area contributed by atoms with Crippen molar-refractivity contribution in [3.63, 3.8) is 0 Å². The van der Waals surface area contributed by atoms with Gasteiger partial charge in [0.2, 0.25) is 0 Å². The zero-order valence-electron chi connectivity index (χ0n) is 17.1. The fourth-order valence-electron chi connectivity index (χ4n) is 2.30. The van der Waals surface area contributed by atoms with Gasteiger partial charge >= 0.3 is 11.8 Å². The Morgan fingerprint density at radius 3 is 1.56 bits per heavy atom. The summed E-state index contributed by atoms with van der Waals surface area (Å²) < 4.78 is 10.5. The monoisotopic (exact) mass is 482 g/mol. The molecule has 10 nitrogen and oxygen atoms in total. The van der Waals surface area contributed by atoms with Crippen LogP contribution in [0.4, 0.5) is 0 Å². The van der Waals surface area contributed by atoms with Crippen LogP contribution < -0.4 is 20.3 Å². The maximum absolute atomic E-state index is 11.8. The number of nitrogens with one attached hydrogen (secondary N) is 2. The molecular formula is C20H20Cl2N4O6. The van der Waals surface area contributed by atoms with Crippen LogP contribution in [-0.4, -0.2) is 47.7 Å². The molecule has 0 saturated carbocycles. The van der Waals surface area contributed by atoms with Gasteiger partial charge in [0.05, 0.1) is 35.7 Å². The zero-order chi connectivity index (χ0) is 23.7. The molecule has 0 fully saturated rings. The Bertz CT molecular complexity index is 975. The minimum Gasteiger partial charge on any atom is -0.503 e. The molecule has 0 heterocycles. The fourth-order valence-corrected chi connectivity index (χ4v) is 2.74. The topological polar surface area (TPSA) is 142 Å². The molecule has 0 bridgehead atoms. The summed E-state index contributed by atoms with van der Waals surface area (Å²) >= 11 is 11.8. The molecule has 32 heavy (non-hydrogen) atoms. The molecule has 2 aromatic carbocycles. The molecule has 0 aliphatic rings. The lowest BCUT2D eigenvalue weighted by Gasteiger charge is -2.08. The third-order valence-corrected chi connectivity index (χ3v) is 4.24. The molecule has 12 heteroatoms. The Hall–Kier alpha value is -3.50.